The summed E-state index contributed by atoms with van der Waals surface area (Å²) in [4.78, 5) is 0. The molecule has 0 aromatic heterocycles. The standard InChI is InChI=1S/C20H33N/c1-4-12-21-15-19-9-7-5-6-8-18(19)14-20-13-16(2)10-11-17(20)3/h10-11,13,18-19,21H,4-9,12,14-15H2,1-3H3. The van der Waals surface area contributed by atoms with Gasteiger partial charge in [-0.05, 0) is 75.6 Å². The molecule has 1 aliphatic rings. The van der Waals surface area contributed by atoms with Gasteiger partial charge in [0.15, 0.2) is 0 Å². The van der Waals surface area contributed by atoms with Crippen LogP contribution < -0.4 is 5.32 Å². The SMILES string of the molecule is CCCNCC1CCCCCC1Cc1cc(C)ccc1C. The first-order chi connectivity index (χ1) is 10.2. The predicted octanol–water partition coefficient (Wildman–Crippen LogP) is 5.04. The lowest BCUT2D eigenvalue weighted by Gasteiger charge is -2.26. The Morgan fingerprint density at radius 2 is 1.81 bits per heavy atom. The van der Waals surface area contributed by atoms with Gasteiger partial charge < -0.3 is 5.32 Å². The summed E-state index contributed by atoms with van der Waals surface area (Å²) in [6.45, 7) is 9.15. The highest BCUT2D eigenvalue weighted by atomic mass is 14.9. The molecule has 0 heterocycles. The average Bonchev–Trinajstić information content (AvgIpc) is 2.69. The molecule has 1 aromatic carbocycles. The minimum absolute atomic E-state index is 0.873. The maximum atomic E-state index is 3.67. The zero-order valence-corrected chi connectivity index (χ0v) is 14.3. The van der Waals surface area contributed by atoms with Crippen molar-refractivity contribution in [3.05, 3.63) is 34.9 Å². The number of benzene rings is 1. The third-order valence-electron chi connectivity index (χ3n) is 5.14. The van der Waals surface area contributed by atoms with E-state index in [9.17, 15) is 0 Å². The van der Waals surface area contributed by atoms with Gasteiger partial charge in [0.25, 0.3) is 0 Å². The Morgan fingerprint density at radius 3 is 2.57 bits per heavy atom. The molecule has 1 N–H and O–H groups in total. The van der Waals surface area contributed by atoms with Gasteiger partial charge in [-0.15, -0.1) is 0 Å². The molecule has 0 amide bonds. The van der Waals surface area contributed by atoms with Crippen molar-refractivity contribution < 1.29 is 0 Å². The van der Waals surface area contributed by atoms with Crippen molar-refractivity contribution in [3.8, 4) is 0 Å². The fourth-order valence-corrected chi connectivity index (χ4v) is 3.77. The Bertz CT molecular complexity index is 424. The molecule has 21 heavy (non-hydrogen) atoms. The maximum Gasteiger partial charge on any atom is -0.00178 e. The molecule has 1 aromatic rings. The summed E-state index contributed by atoms with van der Waals surface area (Å²) in [5.41, 5.74) is 4.47. The quantitative estimate of drug-likeness (QED) is 0.571. The largest absolute Gasteiger partial charge is 0.316 e. The van der Waals surface area contributed by atoms with Crippen LogP contribution in [0.2, 0.25) is 0 Å². The Hall–Kier alpha value is -0.820. The smallest absolute Gasteiger partial charge is 0.00178 e. The Balaban J connectivity index is 2.03. The lowest BCUT2D eigenvalue weighted by atomic mass is 9.82. The molecule has 1 aliphatic carbocycles. The van der Waals surface area contributed by atoms with Crippen LogP contribution in [0.25, 0.3) is 0 Å². The Kier molecular flexibility index (Phi) is 6.76. The summed E-state index contributed by atoms with van der Waals surface area (Å²) < 4.78 is 0. The minimum atomic E-state index is 0.873. The van der Waals surface area contributed by atoms with Crippen LogP contribution in [0.15, 0.2) is 18.2 Å². The molecule has 1 fully saturated rings. The highest BCUT2D eigenvalue weighted by molar-refractivity contribution is 5.30. The molecule has 2 atom stereocenters. The van der Waals surface area contributed by atoms with Crippen LogP contribution >= 0.6 is 0 Å². The Morgan fingerprint density at radius 1 is 1.05 bits per heavy atom. The van der Waals surface area contributed by atoms with Crippen LogP contribution in [0.5, 0.6) is 0 Å². The first kappa shape index (κ1) is 16.5. The molecule has 0 saturated heterocycles. The topological polar surface area (TPSA) is 12.0 Å². The van der Waals surface area contributed by atoms with Gasteiger partial charge >= 0.3 is 0 Å². The van der Waals surface area contributed by atoms with Crippen LogP contribution in [0, 0.1) is 25.7 Å². The van der Waals surface area contributed by atoms with Gasteiger partial charge in [0.2, 0.25) is 0 Å². The molecular formula is C20H33N. The highest BCUT2D eigenvalue weighted by Crippen LogP contribution is 2.32. The summed E-state index contributed by atoms with van der Waals surface area (Å²) in [5.74, 6) is 1.75. The van der Waals surface area contributed by atoms with E-state index in [2.05, 4.69) is 44.3 Å². The average molecular weight is 287 g/mol. The van der Waals surface area contributed by atoms with E-state index in [0.717, 1.165) is 11.8 Å². The van der Waals surface area contributed by atoms with Gasteiger partial charge in [-0.1, -0.05) is 49.9 Å². The molecule has 1 nitrogen and oxygen atoms in total. The van der Waals surface area contributed by atoms with Crippen LogP contribution in [0.4, 0.5) is 0 Å². The van der Waals surface area contributed by atoms with Gasteiger partial charge in [-0.3, -0.25) is 0 Å². The lowest BCUT2D eigenvalue weighted by Crippen LogP contribution is -2.29. The second-order valence-electron chi connectivity index (χ2n) is 7.00. The molecule has 2 rings (SSSR count). The summed E-state index contributed by atoms with van der Waals surface area (Å²) in [5, 5.41) is 3.67. The number of rotatable bonds is 6. The van der Waals surface area contributed by atoms with Gasteiger partial charge in [0.05, 0.1) is 0 Å². The van der Waals surface area contributed by atoms with Crippen molar-refractivity contribution in [3.63, 3.8) is 0 Å². The minimum Gasteiger partial charge on any atom is -0.316 e. The van der Waals surface area contributed by atoms with E-state index in [-0.39, 0.29) is 0 Å². The first-order valence-corrected chi connectivity index (χ1v) is 8.97. The molecule has 0 aliphatic heterocycles. The molecule has 0 radical (unpaired) electrons. The Labute approximate surface area is 131 Å². The molecule has 0 bridgehead atoms. The number of hydrogen-bond donors (Lipinski definition) is 1. The van der Waals surface area contributed by atoms with Crippen molar-refractivity contribution in [2.24, 2.45) is 11.8 Å². The summed E-state index contributed by atoms with van der Waals surface area (Å²) in [6.07, 6.45) is 9.67. The second kappa shape index (κ2) is 8.58. The lowest BCUT2D eigenvalue weighted by molar-refractivity contribution is 0.298. The van der Waals surface area contributed by atoms with Crippen LogP contribution in [-0.2, 0) is 6.42 Å². The van der Waals surface area contributed by atoms with Crippen LogP contribution in [0.1, 0.15) is 62.1 Å². The monoisotopic (exact) mass is 287 g/mol. The van der Waals surface area contributed by atoms with Crippen molar-refractivity contribution in [1.82, 2.24) is 5.32 Å². The van der Waals surface area contributed by atoms with E-state index in [1.165, 1.54) is 69.2 Å². The predicted molar refractivity (Wildman–Crippen MR) is 92.8 cm³/mol. The molecule has 1 saturated carbocycles. The number of nitrogens with one attached hydrogen (secondary N) is 1. The second-order valence-corrected chi connectivity index (χ2v) is 7.00. The van der Waals surface area contributed by atoms with Gasteiger partial charge in [-0.2, -0.15) is 0 Å². The van der Waals surface area contributed by atoms with Crippen molar-refractivity contribution in [2.75, 3.05) is 13.1 Å². The van der Waals surface area contributed by atoms with E-state index >= 15 is 0 Å². The fourth-order valence-electron chi connectivity index (χ4n) is 3.77. The van der Waals surface area contributed by atoms with Crippen molar-refractivity contribution in [1.29, 1.82) is 0 Å². The molecule has 1 heteroatoms. The summed E-state index contributed by atoms with van der Waals surface area (Å²) >= 11 is 0. The summed E-state index contributed by atoms with van der Waals surface area (Å²) in [6, 6.07) is 6.95. The van der Waals surface area contributed by atoms with E-state index in [0.29, 0.717) is 0 Å². The highest BCUT2D eigenvalue weighted by Gasteiger charge is 2.24. The van der Waals surface area contributed by atoms with Gasteiger partial charge in [0.1, 0.15) is 0 Å². The fraction of sp³-hybridized carbons (Fsp3) is 0.700. The van der Waals surface area contributed by atoms with Crippen LogP contribution in [0.3, 0.4) is 0 Å². The van der Waals surface area contributed by atoms with E-state index in [1.807, 2.05) is 0 Å². The maximum absolute atomic E-state index is 3.67. The van der Waals surface area contributed by atoms with E-state index in [1.54, 1.807) is 5.56 Å². The number of hydrogen-bond acceptors (Lipinski definition) is 1. The molecular weight excluding hydrogens is 254 g/mol. The zero-order chi connectivity index (χ0) is 15.1. The summed E-state index contributed by atoms with van der Waals surface area (Å²) in [7, 11) is 0. The zero-order valence-electron chi connectivity index (χ0n) is 14.3. The van der Waals surface area contributed by atoms with E-state index < -0.39 is 0 Å². The number of aryl methyl sites for hydroxylation is 2. The normalized spacial score (nSPS) is 23.0. The van der Waals surface area contributed by atoms with Gasteiger partial charge in [-0.25, -0.2) is 0 Å². The third kappa shape index (κ3) is 5.14. The van der Waals surface area contributed by atoms with Gasteiger partial charge in [0, 0.05) is 0 Å². The first-order valence-electron chi connectivity index (χ1n) is 8.97. The molecule has 118 valence electrons. The van der Waals surface area contributed by atoms with E-state index in [4.69, 9.17) is 0 Å². The molecule has 2 unspecified atom stereocenters. The van der Waals surface area contributed by atoms with Crippen molar-refractivity contribution in [2.45, 2.75) is 65.7 Å². The van der Waals surface area contributed by atoms with Crippen molar-refractivity contribution >= 4 is 0 Å². The molecule has 0 spiro atoms. The third-order valence-corrected chi connectivity index (χ3v) is 5.14. The van der Waals surface area contributed by atoms with Crippen LogP contribution in [-0.4, -0.2) is 13.1 Å².